The smallest absolute Gasteiger partial charge is 0.129 e. The van der Waals surface area contributed by atoms with Gasteiger partial charge in [-0.3, -0.25) is 0 Å². The lowest BCUT2D eigenvalue weighted by Crippen LogP contribution is -2.01. The highest BCUT2D eigenvalue weighted by atomic mass is 79.9. The summed E-state index contributed by atoms with van der Waals surface area (Å²) in [4.78, 5) is 0.566. The molecule has 1 heterocycles. The van der Waals surface area contributed by atoms with Crippen LogP contribution < -0.4 is 0 Å². The van der Waals surface area contributed by atoms with Crippen molar-refractivity contribution in [2.75, 3.05) is 0 Å². The van der Waals surface area contributed by atoms with E-state index >= 15 is 0 Å². The molecular weight excluding hydrogens is 298 g/mol. The Kier molecular flexibility index (Phi) is 3.37. The van der Waals surface area contributed by atoms with E-state index in [1.807, 2.05) is 0 Å². The van der Waals surface area contributed by atoms with E-state index in [9.17, 15) is 13.9 Å². The normalized spacial score (nSPS) is 12.8. The molecule has 0 aliphatic heterocycles. The van der Waals surface area contributed by atoms with E-state index in [1.54, 1.807) is 11.4 Å². The maximum Gasteiger partial charge on any atom is 0.129 e. The number of benzene rings is 1. The van der Waals surface area contributed by atoms with Gasteiger partial charge in [-0.05, 0) is 40.2 Å². The van der Waals surface area contributed by atoms with Gasteiger partial charge in [0.25, 0.3) is 0 Å². The Morgan fingerprint density at radius 2 is 2.00 bits per heavy atom. The minimum Gasteiger partial charge on any atom is -0.383 e. The van der Waals surface area contributed by atoms with Crippen molar-refractivity contribution in [3.63, 3.8) is 0 Å². The van der Waals surface area contributed by atoms with Crippen LogP contribution in [0.25, 0.3) is 0 Å². The lowest BCUT2D eigenvalue weighted by molar-refractivity contribution is 0.218. The van der Waals surface area contributed by atoms with Gasteiger partial charge in [0.15, 0.2) is 0 Å². The first-order chi connectivity index (χ1) is 7.58. The Morgan fingerprint density at radius 3 is 2.62 bits per heavy atom. The second-order valence-electron chi connectivity index (χ2n) is 3.24. The van der Waals surface area contributed by atoms with Crippen molar-refractivity contribution in [1.29, 1.82) is 0 Å². The Labute approximate surface area is 103 Å². The molecule has 1 nitrogen and oxygen atoms in total. The average Bonchev–Trinajstić information content (AvgIpc) is 2.67. The van der Waals surface area contributed by atoms with E-state index in [2.05, 4.69) is 15.9 Å². The summed E-state index contributed by atoms with van der Waals surface area (Å²) >= 11 is 4.52. The van der Waals surface area contributed by atoms with E-state index in [4.69, 9.17) is 0 Å². The fraction of sp³-hybridized carbons (Fsp3) is 0.0909. The summed E-state index contributed by atoms with van der Waals surface area (Å²) in [6.45, 7) is 0. The van der Waals surface area contributed by atoms with Gasteiger partial charge in [0.2, 0.25) is 0 Å². The van der Waals surface area contributed by atoms with E-state index in [-0.39, 0.29) is 5.56 Å². The third-order valence-electron chi connectivity index (χ3n) is 2.11. The number of hydrogen-bond acceptors (Lipinski definition) is 2. The standard InChI is InChI=1S/C11H7BrF2OS/c12-6-3-10(16-5-6)11(15)8-4-7(13)1-2-9(8)14/h1-5,11,15H. The van der Waals surface area contributed by atoms with E-state index in [1.165, 1.54) is 11.3 Å². The number of hydrogen-bond donors (Lipinski definition) is 1. The van der Waals surface area contributed by atoms with Gasteiger partial charge in [-0.1, -0.05) is 0 Å². The summed E-state index contributed by atoms with van der Waals surface area (Å²) in [6.07, 6.45) is -1.13. The van der Waals surface area contributed by atoms with E-state index in [0.717, 1.165) is 22.7 Å². The fourth-order valence-electron chi connectivity index (χ4n) is 1.35. The minimum absolute atomic E-state index is 0.0469. The number of aliphatic hydroxyl groups is 1. The molecular formula is C11H7BrF2OS. The molecule has 0 saturated carbocycles. The van der Waals surface area contributed by atoms with E-state index in [0.29, 0.717) is 4.88 Å². The summed E-state index contributed by atoms with van der Waals surface area (Å²) in [7, 11) is 0. The number of halogens is 3. The van der Waals surface area contributed by atoms with Crippen LogP contribution in [-0.2, 0) is 0 Å². The van der Waals surface area contributed by atoms with Gasteiger partial charge in [-0.15, -0.1) is 11.3 Å². The summed E-state index contributed by atoms with van der Waals surface area (Å²) in [5.74, 6) is -1.18. The summed E-state index contributed by atoms with van der Waals surface area (Å²) in [5, 5.41) is 11.7. The maximum atomic E-state index is 13.4. The molecule has 0 fully saturated rings. The first kappa shape index (κ1) is 11.7. The second kappa shape index (κ2) is 4.61. The zero-order chi connectivity index (χ0) is 11.7. The molecule has 2 rings (SSSR count). The second-order valence-corrected chi connectivity index (χ2v) is 5.09. The molecule has 0 aliphatic carbocycles. The molecule has 0 amide bonds. The van der Waals surface area contributed by atoms with Crippen molar-refractivity contribution >= 4 is 27.3 Å². The number of thiophene rings is 1. The van der Waals surface area contributed by atoms with Crippen LogP contribution >= 0.6 is 27.3 Å². The summed E-state index contributed by atoms with van der Waals surface area (Å²) in [6, 6.07) is 4.72. The van der Waals surface area contributed by atoms with Gasteiger partial charge >= 0.3 is 0 Å². The van der Waals surface area contributed by atoms with Crippen LogP contribution in [0.2, 0.25) is 0 Å². The van der Waals surface area contributed by atoms with Crippen molar-refractivity contribution in [3.8, 4) is 0 Å². The minimum atomic E-state index is -1.13. The third kappa shape index (κ3) is 2.31. The Bertz CT molecular complexity index is 512. The Balaban J connectivity index is 2.40. The van der Waals surface area contributed by atoms with Crippen LogP contribution in [0.5, 0.6) is 0 Å². The van der Waals surface area contributed by atoms with Gasteiger partial charge in [-0.2, -0.15) is 0 Å². The van der Waals surface area contributed by atoms with Crippen molar-refractivity contribution in [3.05, 3.63) is 56.2 Å². The van der Waals surface area contributed by atoms with Gasteiger partial charge in [0, 0.05) is 20.3 Å². The van der Waals surface area contributed by atoms with Crippen LogP contribution in [0.15, 0.2) is 34.1 Å². The molecule has 2 aromatic rings. The molecule has 0 aliphatic rings. The van der Waals surface area contributed by atoms with Gasteiger partial charge < -0.3 is 5.11 Å². The summed E-state index contributed by atoms with van der Waals surface area (Å²) in [5.41, 5.74) is -0.0469. The molecule has 0 saturated heterocycles. The van der Waals surface area contributed by atoms with E-state index < -0.39 is 17.7 Å². The predicted octanol–water partition coefficient (Wildman–Crippen LogP) is 3.87. The first-order valence-corrected chi connectivity index (χ1v) is 6.12. The molecule has 1 atom stereocenters. The molecule has 16 heavy (non-hydrogen) atoms. The monoisotopic (exact) mass is 304 g/mol. The topological polar surface area (TPSA) is 20.2 Å². The lowest BCUT2D eigenvalue weighted by Gasteiger charge is -2.09. The van der Waals surface area contributed by atoms with Crippen LogP contribution in [0.1, 0.15) is 16.5 Å². The summed E-state index contributed by atoms with van der Waals surface area (Å²) < 4.78 is 27.1. The molecule has 5 heteroatoms. The number of aliphatic hydroxyl groups excluding tert-OH is 1. The molecule has 0 radical (unpaired) electrons. The molecule has 0 bridgehead atoms. The van der Waals surface area contributed by atoms with Crippen LogP contribution in [0.4, 0.5) is 8.78 Å². The molecule has 1 N–H and O–H groups in total. The van der Waals surface area contributed by atoms with Gasteiger partial charge in [0.1, 0.15) is 17.7 Å². The zero-order valence-corrected chi connectivity index (χ0v) is 10.4. The van der Waals surface area contributed by atoms with Crippen molar-refractivity contribution in [2.45, 2.75) is 6.10 Å². The molecule has 0 spiro atoms. The zero-order valence-electron chi connectivity index (χ0n) is 7.95. The predicted molar refractivity (Wildman–Crippen MR) is 62.4 cm³/mol. The molecule has 1 unspecified atom stereocenters. The SMILES string of the molecule is OC(c1cc(Br)cs1)c1cc(F)ccc1F. The van der Waals surface area contributed by atoms with Gasteiger partial charge in [0.05, 0.1) is 0 Å². The Hall–Kier alpha value is -0.780. The average molecular weight is 305 g/mol. The van der Waals surface area contributed by atoms with Crippen LogP contribution in [-0.4, -0.2) is 5.11 Å². The Morgan fingerprint density at radius 1 is 1.25 bits per heavy atom. The molecule has 84 valence electrons. The van der Waals surface area contributed by atoms with Crippen molar-refractivity contribution < 1.29 is 13.9 Å². The van der Waals surface area contributed by atoms with Crippen LogP contribution in [0.3, 0.4) is 0 Å². The molecule has 1 aromatic carbocycles. The highest BCUT2D eigenvalue weighted by Gasteiger charge is 2.17. The largest absolute Gasteiger partial charge is 0.383 e. The fourth-order valence-corrected chi connectivity index (χ4v) is 2.80. The third-order valence-corrected chi connectivity index (χ3v) is 3.86. The number of rotatable bonds is 2. The quantitative estimate of drug-likeness (QED) is 0.893. The van der Waals surface area contributed by atoms with Crippen molar-refractivity contribution in [1.82, 2.24) is 0 Å². The van der Waals surface area contributed by atoms with Crippen molar-refractivity contribution in [2.24, 2.45) is 0 Å². The lowest BCUT2D eigenvalue weighted by atomic mass is 10.1. The maximum absolute atomic E-state index is 13.4. The van der Waals surface area contributed by atoms with Crippen LogP contribution in [0, 0.1) is 11.6 Å². The highest BCUT2D eigenvalue weighted by Crippen LogP contribution is 2.31. The molecule has 1 aromatic heterocycles. The van der Waals surface area contributed by atoms with Gasteiger partial charge in [-0.25, -0.2) is 8.78 Å². The first-order valence-electron chi connectivity index (χ1n) is 4.45. The highest BCUT2D eigenvalue weighted by molar-refractivity contribution is 9.10.